The normalized spacial score (nSPS) is 12.5. The van der Waals surface area contributed by atoms with Crippen molar-refractivity contribution >= 4 is 31.9 Å². The van der Waals surface area contributed by atoms with Gasteiger partial charge in [-0.05, 0) is 48.4 Å². The highest BCUT2D eigenvalue weighted by Crippen LogP contribution is 2.29. The Kier molecular flexibility index (Phi) is 4.38. The topological polar surface area (TPSA) is 26.0 Å². The zero-order valence-corrected chi connectivity index (χ0v) is 13.2. The lowest BCUT2D eigenvalue weighted by Crippen LogP contribution is -2.14. The van der Waals surface area contributed by atoms with E-state index in [1.807, 2.05) is 6.07 Å². The van der Waals surface area contributed by atoms with Crippen molar-refractivity contribution in [3.05, 3.63) is 67.6 Å². The van der Waals surface area contributed by atoms with Gasteiger partial charge in [-0.3, -0.25) is 0 Å². The average molecular weight is 391 g/mol. The molecule has 100 valence electrons. The maximum atomic E-state index is 13.9. The van der Waals surface area contributed by atoms with Gasteiger partial charge in [0, 0.05) is 14.5 Å². The first-order valence-corrected chi connectivity index (χ1v) is 7.14. The summed E-state index contributed by atoms with van der Waals surface area (Å²) in [6.45, 7) is 1.52. The Hall–Kier alpha value is -0.780. The highest BCUT2D eigenvalue weighted by Gasteiger charge is 2.16. The Balaban J connectivity index is 2.49. The molecule has 19 heavy (non-hydrogen) atoms. The fourth-order valence-electron chi connectivity index (χ4n) is 1.83. The Morgan fingerprint density at radius 1 is 0.947 bits per heavy atom. The predicted molar refractivity (Wildman–Crippen MR) is 79.0 cm³/mol. The van der Waals surface area contributed by atoms with Gasteiger partial charge in [-0.2, -0.15) is 0 Å². The number of hydrogen-bond acceptors (Lipinski definition) is 1. The quantitative estimate of drug-likeness (QED) is 0.779. The molecule has 2 N–H and O–H groups in total. The molecule has 0 aromatic heterocycles. The van der Waals surface area contributed by atoms with E-state index in [0.29, 0.717) is 5.56 Å². The lowest BCUT2D eigenvalue weighted by molar-refractivity contribution is 0.570. The molecule has 0 aliphatic rings. The van der Waals surface area contributed by atoms with Gasteiger partial charge in [0.2, 0.25) is 0 Å². The lowest BCUT2D eigenvalue weighted by atomic mass is 9.98. The predicted octanol–water partition coefficient (Wildman–Crippen LogP) is 4.85. The minimum atomic E-state index is -0.719. The molecule has 0 spiro atoms. The zero-order chi connectivity index (χ0) is 14.2. The first-order chi connectivity index (χ1) is 8.88. The molecule has 2 rings (SSSR count). The van der Waals surface area contributed by atoms with E-state index in [1.165, 1.54) is 6.92 Å². The number of halogens is 4. The van der Waals surface area contributed by atoms with Crippen LogP contribution < -0.4 is 5.73 Å². The number of nitrogens with two attached hydrogens (primary N) is 1. The van der Waals surface area contributed by atoms with Gasteiger partial charge >= 0.3 is 0 Å². The van der Waals surface area contributed by atoms with E-state index in [-0.39, 0.29) is 11.1 Å². The third-order valence-corrected chi connectivity index (χ3v) is 3.77. The highest BCUT2D eigenvalue weighted by molar-refractivity contribution is 9.11. The van der Waals surface area contributed by atoms with Crippen molar-refractivity contribution in [2.24, 2.45) is 5.73 Å². The van der Waals surface area contributed by atoms with Crippen molar-refractivity contribution in [1.29, 1.82) is 0 Å². The number of benzene rings is 2. The van der Waals surface area contributed by atoms with Crippen LogP contribution in [0.3, 0.4) is 0 Å². The van der Waals surface area contributed by atoms with Crippen LogP contribution in [0.15, 0.2) is 39.3 Å². The molecule has 1 nitrogen and oxygen atoms in total. The van der Waals surface area contributed by atoms with E-state index in [1.54, 1.807) is 12.1 Å². The lowest BCUT2D eigenvalue weighted by Gasteiger charge is -2.15. The fraction of sp³-hybridized carbons (Fsp3) is 0.143. The van der Waals surface area contributed by atoms with E-state index in [0.717, 1.165) is 21.1 Å². The van der Waals surface area contributed by atoms with Crippen LogP contribution in [0, 0.1) is 18.6 Å². The van der Waals surface area contributed by atoms with Gasteiger partial charge in [-0.25, -0.2) is 8.78 Å². The van der Waals surface area contributed by atoms with Crippen LogP contribution in [0.5, 0.6) is 0 Å². The van der Waals surface area contributed by atoms with Crippen LogP contribution in [0.25, 0.3) is 0 Å². The van der Waals surface area contributed by atoms with Gasteiger partial charge < -0.3 is 5.73 Å². The zero-order valence-electron chi connectivity index (χ0n) is 10.1. The van der Waals surface area contributed by atoms with Crippen LogP contribution >= 0.6 is 31.9 Å². The van der Waals surface area contributed by atoms with Gasteiger partial charge in [-0.1, -0.05) is 31.9 Å². The van der Waals surface area contributed by atoms with E-state index >= 15 is 0 Å². The standard InChI is InChI=1S/C14H11Br2F2N/c1-7-2-13(18)11(6-12(7)17)14(19)8-3-9(15)5-10(16)4-8/h2-6,14H,19H2,1H3. The SMILES string of the molecule is Cc1cc(F)c(C(N)c2cc(Br)cc(Br)c2)cc1F. The summed E-state index contributed by atoms with van der Waals surface area (Å²) >= 11 is 6.69. The molecule has 1 unspecified atom stereocenters. The second kappa shape index (κ2) is 5.69. The van der Waals surface area contributed by atoms with Crippen LogP contribution in [-0.4, -0.2) is 0 Å². The third kappa shape index (κ3) is 3.22. The summed E-state index contributed by atoms with van der Waals surface area (Å²) in [4.78, 5) is 0. The Bertz CT molecular complexity index is 609. The van der Waals surface area contributed by atoms with Gasteiger partial charge in [-0.15, -0.1) is 0 Å². The fourth-order valence-corrected chi connectivity index (χ4v) is 3.16. The molecular formula is C14H11Br2F2N. The van der Waals surface area contributed by atoms with Crippen LogP contribution in [0.2, 0.25) is 0 Å². The van der Waals surface area contributed by atoms with Crippen LogP contribution in [-0.2, 0) is 0 Å². The average Bonchev–Trinajstić information content (AvgIpc) is 2.31. The minimum Gasteiger partial charge on any atom is -0.320 e. The summed E-state index contributed by atoms with van der Waals surface area (Å²) in [5.41, 5.74) is 7.14. The number of rotatable bonds is 2. The first kappa shape index (κ1) is 14.6. The summed E-state index contributed by atoms with van der Waals surface area (Å²) in [6, 6.07) is 7.02. The second-order valence-corrected chi connectivity index (χ2v) is 6.13. The molecule has 5 heteroatoms. The van der Waals surface area contributed by atoms with E-state index in [9.17, 15) is 8.78 Å². The first-order valence-electron chi connectivity index (χ1n) is 5.55. The van der Waals surface area contributed by atoms with Crippen LogP contribution in [0.4, 0.5) is 8.78 Å². The maximum absolute atomic E-state index is 13.9. The minimum absolute atomic E-state index is 0.146. The summed E-state index contributed by atoms with van der Waals surface area (Å²) in [6.07, 6.45) is 0. The van der Waals surface area contributed by atoms with Gasteiger partial charge in [0.25, 0.3) is 0 Å². The van der Waals surface area contributed by atoms with Gasteiger partial charge in [0.1, 0.15) is 11.6 Å². The number of aryl methyl sites for hydroxylation is 1. The largest absolute Gasteiger partial charge is 0.320 e. The van der Waals surface area contributed by atoms with Crippen molar-refractivity contribution in [2.75, 3.05) is 0 Å². The van der Waals surface area contributed by atoms with Crippen LogP contribution in [0.1, 0.15) is 22.7 Å². The molecule has 0 aliphatic carbocycles. The molecular weight excluding hydrogens is 380 g/mol. The molecule has 0 bridgehead atoms. The summed E-state index contributed by atoms with van der Waals surface area (Å²) < 4.78 is 29.1. The second-order valence-electron chi connectivity index (χ2n) is 4.30. The molecule has 0 amide bonds. The van der Waals surface area contributed by atoms with Crippen molar-refractivity contribution in [2.45, 2.75) is 13.0 Å². The summed E-state index contributed by atoms with van der Waals surface area (Å²) in [5.74, 6) is -0.955. The van der Waals surface area contributed by atoms with E-state index < -0.39 is 17.7 Å². The molecule has 1 atom stereocenters. The molecule has 0 heterocycles. The number of hydrogen-bond donors (Lipinski definition) is 1. The van der Waals surface area contributed by atoms with E-state index in [4.69, 9.17) is 5.73 Å². The highest BCUT2D eigenvalue weighted by atomic mass is 79.9. The maximum Gasteiger partial charge on any atom is 0.128 e. The molecule has 0 fully saturated rings. The molecule has 0 saturated heterocycles. The molecule has 2 aromatic rings. The van der Waals surface area contributed by atoms with Crippen molar-refractivity contribution in [1.82, 2.24) is 0 Å². The Labute approximate surface area is 127 Å². The van der Waals surface area contributed by atoms with Gasteiger partial charge in [0.15, 0.2) is 0 Å². The third-order valence-electron chi connectivity index (χ3n) is 2.86. The summed E-state index contributed by atoms with van der Waals surface area (Å²) in [5, 5.41) is 0. The van der Waals surface area contributed by atoms with E-state index in [2.05, 4.69) is 31.9 Å². The molecule has 0 radical (unpaired) electrons. The Morgan fingerprint density at radius 3 is 2.11 bits per heavy atom. The van der Waals surface area contributed by atoms with Gasteiger partial charge in [0.05, 0.1) is 6.04 Å². The summed E-state index contributed by atoms with van der Waals surface area (Å²) in [7, 11) is 0. The van der Waals surface area contributed by atoms with Crippen molar-refractivity contribution in [3.63, 3.8) is 0 Å². The smallest absolute Gasteiger partial charge is 0.128 e. The molecule has 0 aliphatic heterocycles. The van der Waals surface area contributed by atoms with Crippen molar-refractivity contribution < 1.29 is 8.78 Å². The molecule has 0 saturated carbocycles. The monoisotopic (exact) mass is 389 g/mol. The molecule has 2 aromatic carbocycles. The Morgan fingerprint density at radius 2 is 1.53 bits per heavy atom. The van der Waals surface area contributed by atoms with Crippen molar-refractivity contribution in [3.8, 4) is 0 Å².